The minimum Gasteiger partial charge on any atom is -0.496 e. The van der Waals surface area contributed by atoms with Gasteiger partial charge in [-0.05, 0) is 79.0 Å². The molecule has 0 spiro atoms. The highest BCUT2D eigenvalue weighted by molar-refractivity contribution is 5.85. The number of rotatable bonds is 7. The smallest absolute Gasteiger partial charge is 0.122 e. The van der Waals surface area contributed by atoms with Crippen molar-refractivity contribution in [1.29, 1.82) is 0 Å². The van der Waals surface area contributed by atoms with Gasteiger partial charge < -0.3 is 10.5 Å². The van der Waals surface area contributed by atoms with Crippen LogP contribution in [0.4, 0.5) is 0 Å². The lowest BCUT2D eigenvalue weighted by Gasteiger charge is -2.15. The second-order valence-electron chi connectivity index (χ2n) is 6.40. The molecule has 1 aliphatic rings. The minimum absolute atomic E-state index is 0.582. The molecule has 0 heterocycles. The van der Waals surface area contributed by atoms with Crippen molar-refractivity contribution in [3.05, 3.63) is 42.0 Å². The van der Waals surface area contributed by atoms with Crippen molar-refractivity contribution < 1.29 is 4.74 Å². The fraction of sp³-hybridized carbons (Fsp3) is 0.474. The Morgan fingerprint density at radius 1 is 1.10 bits per heavy atom. The van der Waals surface area contributed by atoms with E-state index in [1.807, 2.05) is 0 Å². The Kier molecular flexibility index (Phi) is 4.16. The minimum atomic E-state index is 0.582. The zero-order valence-corrected chi connectivity index (χ0v) is 12.9. The van der Waals surface area contributed by atoms with E-state index in [9.17, 15) is 0 Å². The van der Waals surface area contributed by atoms with Crippen LogP contribution < -0.4 is 10.5 Å². The standard InChI is InChI=1S/C19H25NO/c1-21-18-14-16-6-3-2-5-15(16)13-17(18)7-4-8-19(9-10-19)11-12-20/h2-3,5-6,13-14H,4,7-12,20H2,1H3. The van der Waals surface area contributed by atoms with Gasteiger partial charge in [-0.2, -0.15) is 0 Å². The van der Waals surface area contributed by atoms with Crippen molar-refractivity contribution in [2.45, 2.75) is 38.5 Å². The summed E-state index contributed by atoms with van der Waals surface area (Å²) in [5.74, 6) is 1.03. The molecule has 1 aliphatic carbocycles. The molecule has 0 saturated heterocycles. The van der Waals surface area contributed by atoms with E-state index in [1.54, 1.807) is 7.11 Å². The number of benzene rings is 2. The highest BCUT2D eigenvalue weighted by Gasteiger charge is 2.40. The third-order valence-corrected chi connectivity index (χ3v) is 4.93. The molecule has 3 rings (SSSR count). The molecule has 2 heteroatoms. The Bertz CT molecular complexity index is 616. The first-order valence-electron chi connectivity index (χ1n) is 8.02. The van der Waals surface area contributed by atoms with Gasteiger partial charge in [-0.3, -0.25) is 0 Å². The molecule has 2 aromatic carbocycles. The largest absolute Gasteiger partial charge is 0.496 e. The van der Waals surface area contributed by atoms with E-state index in [-0.39, 0.29) is 0 Å². The zero-order chi connectivity index (χ0) is 14.7. The van der Waals surface area contributed by atoms with Gasteiger partial charge in [0, 0.05) is 0 Å². The first-order valence-corrected chi connectivity index (χ1v) is 8.02. The summed E-state index contributed by atoms with van der Waals surface area (Å²) in [5, 5.41) is 2.55. The van der Waals surface area contributed by atoms with Gasteiger partial charge in [0.25, 0.3) is 0 Å². The van der Waals surface area contributed by atoms with Crippen molar-refractivity contribution in [1.82, 2.24) is 0 Å². The number of aryl methyl sites for hydroxylation is 1. The quantitative estimate of drug-likeness (QED) is 0.822. The molecule has 2 N–H and O–H groups in total. The summed E-state index contributed by atoms with van der Waals surface area (Å²) in [6.45, 7) is 0.833. The van der Waals surface area contributed by atoms with E-state index in [2.05, 4.69) is 36.4 Å². The first kappa shape index (κ1) is 14.4. The van der Waals surface area contributed by atoms with Gasteiger partial charge in [0.1, 0.15) is 5.75 Å². The molecular formula is C19H25NO. The number of methoxy groups -OCH3 is 1. The van der Waals surface area contributed by atoms with E-state index < -0.39 is 0 Å². The molecule has 112 valence electrons. The van der Waals surface area contributed by atoms with Crippen LogP contribution in [0.1, 0.15) is 37.7 Å². The molecular weight excluding hydrogens is 258 g/mol. The van der Waals surface area contributed by atoms with Crippen LogP contribution in [0.5, 0.6) is 5.75 Å². The molecule has 0 aromatic heterocycles. The van der Waals surface area contributed by atoms with Crippen LogP contribution >= 0.6 is 0 Å². The van der Waals surface area contributed by atoms with Gasteiger partial charge in [0.15, 0.2) is 0 Å². The number of nitrogens with two attached hydrogens (primary N) is 1. The van der Waals surface area contributed by atoms with E-state index >= 15 is 0 Å². The molecule has 0 atom stereocenters. The Morgan fingerprint density at radius 3 is 2.43 bits per heavy atom. The molecule has 2 aromatic rings. The monoisotopic (exact) mass is 283 g/mol. The van der Waals surface area contributed by atoms with E-state index in [0.717, 1.165) is 18.7 Å². The Balaban J connectivity index is 1.71. The average molecular weight is 283 g/mol. The van der Waals surface area contributed by atoms with E-state index in [0.29, 0.717) is 5.41 Å². The highest BCUT2D eigenvalue weighted by Crippen LogP contribution is 2.52. The van der Waals surface area contributed by atoms with Gasteiger partial charge in [-0.15, -0.1) is 0 Å². The van der Waals surface area contributed by atoms with Gasteiger partial charge >= 0.3 is 0 Å². The third kappa shape index (κ3) is 3.21. The summed E-state index contributed by atoms with van der Waals surface area (Å²) < 4.78 is 5.58. The zero-order valence-electron chi connectivity index (χ0n) is 12.9. The number of hydrogen-bond acceptors (Lipinski definition) is 2. The summed E-state index contributed by atoms with van der Waals surface area (Å²) in [5.41, 5.74) is 7.64. The second kappa shape index (κ2) is 6.07. The van der Waals surface area contributed by atoms with Crippen molar-refractivity contribution in [2.24, 2.45) is 11.1 Å². The maximum absolute atomic E-state index is 5.73. The van der Waals surface area contributed by atoms with Crippen LogP contribution in [-0.2, 0) is 6.42 Å². The lowest BCUT2D eigenvalue weighted by atomic mass is 9.93. The summed E-state index contributed by atoms with van der Waals surface area (Å²) in [6.07, 6.45) is 7.58. The Labute approximate surface area is 127 Å². The van der Waals surface area contributed by atoms with Crippen molar-refractivity contribution in [2.75, 3.05) is 13.7 Å². The average Bonchev–Trinajstić information content (AvgIpc) is 3.26. The lowest BCUT2D eigenvalue weighted by molar-refractivity contribution is 0.401. The maximum atomic E-state index is 5.73. The second-order valence-corrected chi connectivity index (χ2v) is 6.40. The lowest BCUT2D eigenvalue weighted by Crippen LogP contribution is -2.09. The predicted octanol–water partition coefficient (Wildman–Crippen LogP) is 4.30. The van der Waals surface area contributed by atoms with Crippen LogP contribution in [0.2, 0.25) is 0 Å². The molecule has 1 fully saturated rings. The summed E-state index contributed by atoms with van der Waals surface area (Å²) in [7, 11) is 1.77. The summed E-state index contributed by atoms with van der Waals surface area (Å²) in [4.78, 5) is 0. The molecule has 1 saturated carbocycles. The Hall–Kier alpha value is -1.54. The molecule has 2 nitrogen and oxygen atoms in total. The molecule has 0 radical (unpaired) electrons. The topological polar surface area (TPSA) is 35.2 Å². The van der Waals surface area contributed by atoms with Crippen LogP contribution in [0.3, 0.4) is 0 Å². The van der Waals surface area contributed by atoms with Gasteiger partial charge in [-0.1, -0.05) is 24.3 Å². The first-order chi connectivity index (χ1) is 10.3. The van der Waals surface area contributed by atoms with Crippen LogP contribution in [-0.4, -0.2) is 13.7 Å². The van der Waals surface area contributed by atoms with Crippen LogP contribution in [0, 0.1) is 5.41 Å². The van der Waals surface area contributed by atoms with Crippen molar-refractivity contribution in [3.8, 4) is 5.75 Å². The van der Waals surface area contributed by atoms with Gasteiger partial charge in [-0.25, -0.2) is 0 Å². The molecule has 0 amide bonds. The molecule has 21 heavy (non-hydrogen) atoms. The summed E-state index contributed by atoms with van der Waals surface area (Å²) >= 11 is 0. The van der Waals surface area contributed by atoms with E-state index in [4.69, 9.17) is 10.5 Å². The fourth-order valence-corrected chi connectivity index (χ4v) is 3.41. The maximum Gasteiger partial charge on any atom is 0.122 e. The van der Waals surface area contributed by atoms with Gasteiger partial charge in [0.2, 0.25) is 0 Å². The van der Waals surface area contributed by atoms with Crippen LogP contribution in [0.15, 0.2) is 36.4 Å². The summed E-state index contributed by atoms with van der Waals surface area (Å²) in [6, 6.07) is 12.9. The third-order valence-electron chi connectivity index (χ3n) is 4.93. The Morgan fingerprint density at radius 2 is 1.81 bits per heavy atom. The normalized spacial score (nSPS) is 16.1. The molecule has 0 bridgehead atoms. The SMILES string of the molecule is COc1cc2ccccc2cc1CCCC1(CCN)CC1. The van der Waals surface area contributed by atoms with Crippen molar-refractivity contribution in [3.63, 3.8) is 0 Å². The van der Waals surface area contributed by atoms with Crippen LogP contribution in [0.25, 0.3) is 10.8 Å². The van der Waals surface area contributed by atoms with Gasteiger partial charge in [0.05, 0.1) is 7.11 Å². The molecule has 0 unspecified atom stereocenters. The fourth-order valence-electron chi connectivity index (χ4n) is 3.41. The predicted molar refractivity (Wildman–Crippen MR) is 88.8 cm³/mol. The molecule has 0 aliphatic heterocycles. The van der Waals surface area contributed by atoms with Crippen molar-refractivity contribution >= 4 is 10.8 Å². The highest BCUT2D eigenvalue weighted by atomic mass is 16.5. The number of hydrogen-bond donors (Lipinski definition) is 1. The number of ether oxygens (including phenoxy) is 1. The number of fused-ring (bicyclic) bond motifs is 1. The van der Waals surface area contributed by atoms with E-state index in [1.165, 1.54) is 48.4 Å².